The third kappa shape index (κ3) is 5.35. The molecule has 1 aliphatic heterocycles. The Morgan fingerprint density at radius 1 is 0.640 bits per heavy atom. The molecule has 2 aliphatic carbocycles. The van der Waals surface area contributed by atoms with Gasteiger partial charge in [0, 0.05) is 18.6 Å². The molecule has 0 bridgehead atoms. The fourth-order valence-corrected chi connectivity index (χ4v) is 4.68. The molecule has 3 amide bonds. The monoisotopic (exact) mass is 349 g/mol. The Bertz CT molecular complexity index is 440. The molecule has 1 heterocycles. The first-order valence-corrected chi connectivity index (χ1v) is 10.6. The smallest absolute Gasteiger partial charge is 0.318 e. The van der Waals surface area contributed by atoms with E-state index in [9.17, 15) is 9.59 Å². The van der Waals surface area contributed by atoms with E-state index in [0.29, 0.717) is 18.6 Å². The molecule has 1 saturated heterocycles. The third-order valence-corrected chi connectivity index (χ3v) is 6.20. The zero-order chi connectivity index (χ0) is 17.5. The first-order valence-electron chi connectivity index (χ1n) is 10.6. The molecule has 0 spiro atoms. The van der Waals surface area contributed by atoms with E-state index in [2.05, 4.69) is 10.6 Å². The number of nitrogens with one attached hydrogen (secondary N) is 2. The van der Waals surface area contributed by atoms with Gasteiger partial charge in [0.2, 0.25) is 5.91 Å². The number of hydrogen-bond donors (Lipinski definition) is 2. The number of urea groups is 1. The van der Waals surface area contributed by atoms with Crippen LogP contribution < -0.4 is 10.6 Å². The van der Waals surface area contributed by atoms with Gasteiger partial charge in [0.1, 0.15) is 6.04 Å². The number of carbonyl (C=O) groups excluding carboxylic acids is 2. The van der Waals surface area contributed by atoms with Crippen LogP contribution in [-0.4, -0.2) is 41.5 Å². The summed E-state index contributed by atoms with van der Waals surface area (Å²) in [6.45, 7) is 0.710. The summed E-state index contributed by atoms with van der Waals surface area (Å²) in [7, 11) is 0. The average molecular weight is 350 g/mol. The maximum Gasteiger partial charge on any atom is 0.318 e. The zero-order valence-corrected chi connectivity index (χ0v) is 15.6. The molecule has 3 aliphatic rings. The number of likely N-dealkylation sites (tertiary alicyclic amines) is 1. The molecule has 2 N–H and O–H groups in total. The van der Waals surface area contributed by atoms with Gasteiger partial charge in [-0.25, -0.2) is 4.79 Å². The minimum atomic E-state index is -0.269. The summed E-state index contributed by atoms with van der Waals surface area (Å²) in [6, 6.07) is 0.309. The molecule has 5 heteroatoms. The number of hydrogen-bond acceptors (Lipinski definition) is 2. The van der Waals surface area contributed by atoms with Crippen LogP contribution in [-0.2, 0) is 4.79 Å². The largest absolute Gasteiger partial charge is 0.352 e. The van der Waals surface area contributed by atoms with Crippen molar-refractivity contribution in [2.45, 2.75) is 108 Å². The molecular weight excluding hydrogens is 314 g/mol. The third-order valence-electron chi connectivity index (χ3n) is 6.20. The lowest BCUT2D eigenvalue weighted by atomic mass is 9.96. The minimum absolute atomic E-state index is 0.0257. The Balaban J connectivity index is 1.50. The molecule has 142 valence electrons. The van der Waals surface area contributed by atoms with Crippen LogP contribution in [0, 0.1) is 0 Å². The summed E-state index contributed by atoms with van der Waals surface area (Å²) in [5, 5.41) is 6.43. The second kappa shape index (κ2) is 9.44. The zero-order valence-electron chi connectivity index (χ0n) is 15.6. The molecule has 3 rings (SSSR count). The number of carbonyl (C=O) groups is 2. The van der Waals surface area contributed by atoms with E-state index >= 15 is 0 Å². The lowest BCUT2D eigenvalue weighted by Gasteiger charge is -2.30. The summed E-state index contributed by atoms with van der Waals surface area (Å²) in [6.07, 6.45) is 16.1. The highest BCUT2D eigenvalue weighted by molar-refractivity contribution is 5.87. The molecule has 2 saturated carbocycles. The van der Waals surface area contributed by atoms with E-state index in [1.807, 2.05) is 0 Å². The standard InChI is InChI=1S/C20H35N3O2/c24-19(21-16-10-5-2-1-3-6-11-16)18-14-9-15-23(18)20(25)22-17-12-7-4-8-13-17/h16-18H,1-15H2,(H,21,24)(H,22,25)/t18-/m0/s1. The number of rotatable bonds is 3. The van der Waals surface area contributed by atoms with Gasteiger partial charge in [-0.1, -0.05) is 51.4 Å². The van der Waals surface area contributed by atoms with Crippen molar-refractivity contribution < 1.29 is 9.59 Å². The summed E-state index contributed by atoms with van der Waals surface area (Å²) < 4.78 is 0. The van der Waals surface area contributed by atoms with Crippen molar-refractivity contribution in [2.24, 2.45) is 0 Å². The maximum atomic E-state index is 12.8. The van der Waals surface area contributed by atoms with E-state index in [-0.39, 0.29) is 18.0 Å². The number of amides is 3. The van der Waals surface area contributed by atoms with Gasteiger partial charge in [-0.3, -0.25) is 4.79 Å². The van der Waals surface area contributed by atoms with Gasteiger partial charge in [0.25, 0.3) is 0 Å². The molecule has 3 fully saturated rings. The molecule has 25 heavy (non-hydrogen) atoms. The highest BCUT2D eigenvalue weighted by Gasteiger charge is 2.35. The van der Waals surface area contributed by atoms with Gasteiger partial charge in [0.05, 0.1) is 0 Å². The summed E-state index contributed by atoms with van der Waals surface area (Å²) in [5.41, 5.74) is 0. The minimum Gasteiger partial charge on any atom is -0.352 e. The van der Waals surface area contributed by atoms with E-state index in [0.717, 1.165) is 38.5 Å². The van der Waals surface area contributed by atoms with Crippen LogP contribution in [0.3, 0.4) is 0 Å². The Morgan fingerprint density at radius 2 is 1.16 bits per heavy atom. The quantitative estimate of drug-likeness (QED) is 0.816. The topological polar surface area (TPSA) is 61.4 Å². The molecule has 5 nitrogen and oxygen atoms in total. The second-order valence-corrected chi connectivity index (χ2v) is 8.19. The van der Waals surface area contributed by atoms with Crippen LogP contribution in [0.25, 0.3) is 0 Å². The fraction of sp³-hybridized carbons (Fsp3) is 0.900. The molecule has 0 aromatic rings. The number of nitrogens with zero attached hydrogens (tertiary/aromatic N) is 1. The highest BCUT2D eigenvalue weighted by Crippen LogP contribution is 2.22. The first-order chi connectivity index (χ1) is 12.2. The van der Waals surface area contributed by atoms with Crippen LogP contribution in [0.4, 0.5) is 4.79 Å². The predicted molar refractivity (Wildman–Crippen MR) is 99.4 cm³/mol. The van der Waals surface area contributed by atoms with Gasteiger partial charge in [-0.2, -0.15) is 0 Å². The van der Waals surface area contributed by atoms with Crippen molar-refractivity contribution in [3.63, 3.8) is 0 Å². The first kappa shape index (κ1) is 18.5. The van der Waals surface area contributed by atoms with Crippen molar-refractivity contribution in [1.29, 1.82) is 0 Å². The fourth-order valence-electron chi connectivity index (χ4n) is 4.68. The molecule has 0 unspecified atom stereocenters. The molecule has 0 aromatic carbocycles. The van der Waals surface area contributed by atoms with Gasteiger partial charge in [-0.05, 0) is 38.5 Å². The van der Waals surface area contributed by atoms with Crippen molar-refractivity contribution in [3.05, 3.63) is 0 Å². The summed E-state index contributed by atoms with van der Waals surface area (Å²) in [4.78, 5) is 27.2. The van der Waals surface area contributed by atoms with E-state index in [4.69, 9.17) is 0 Å². The lowest BCUT2D eigenvalue weighted by Crippen LogP contribution is -2.53. The van der Waals surface area contributed by atoms with Crippen molar-refractivity contribution in [2.75, 3.05) is 6.54 Å². The van der Waals surface area contributed by atoms with E-state index in [1.165, 1.54) is 51.4 Å². The van der Waals surface area contributed by atoms with Crippen molar-refractivity contribution in [3.8, 4) is 0 Å². The van der Waals surface area contributed by atoms with Crippen LogP contribution in [0.1, 0.15) is 89.9 Å². The van der Waals surface area contributed by atoms with Gasteiger partial charge in [-0.15, -0.1) is 0 Å². The van der Waals surface area contributed by atoms with Crippen LogP contribution >= 0.6 is 0 Å². The van der Waals surface area contributed by atoms with Gasteiger partial charge in [0.15, 0.2) is 0 Å². The van der Waals surface area contributed by atoms with Gasteiger partial charge < -0.3 is 15.5 Å². The predicted octanol–water partition coefficient (Wildman–Crippen LogP) is 3.72. The second-order valence-electron chi connectivity index (χ2n) is 8.19. The summed E-state index contributed by atoms with van der Waals surface area (Å²) >= 11 is 0. The van der Waals surface area contributed by atoms with Crippen molar-refractivity contribution >= 4 is 11.9 Å². The molecular formula is C20H35N3O2. The van der Waals surface area contributed by atoms with Crippen LogP contribution in [0.5, 0.6) is 0 Å². The molecule has 1 atom stereocenters. The normalized spacial score (nSPS) is 26.7. The van der Waals surface area contributed by atoms with E-state index in [1.54, 1.807) is 4.90 Å². The Morgan fingerprint density at radius 3 is 1.80 bits per heavy atom. The molecule has 0 aromatic heterocycles. The summed E-state index contributed by atoms with van der Waals surface area (Å²) in [5.74, 6) is 0.0712. The van der Waals surface area contributed by atoms with Gasteiger partial charge >= 0.3 is 6.03 Å². The maximum absolute atomic E-state index is 12.8. The molecule has 0 radical (unpaired) electrons. The van der Waals surface area contributed by atoms with Crippen LogP contribution in [0.2, 0.25) is 0 Å². The Hall–Kier alpha value is -1.26. The highest BCUT2D eigenvalue weighted by atomic mass is 16.2. The SMILES string of the molecule is O=C(NC1CCCCCCC1)[C@@H]1CCCN1C(=O)NC1CCCCC1. The lowest BCUT2D eigenvalue weighted by molar-refractivity contribution is -0.125. The Labute approximate surface area is 152 Å². The average Bonchev–Trinajstić information content (AvgIpc) is 3.08. The van der Waals surface area contributed by atoms with E-state index < -0.39 is 0 Å². The van der Waals surface area contributed by atoms with Crippen LogP contribution in [0.15, 0.2) is 0 Å². The van der Waals surface area contributed by atoms with Crippen molar-refractivity contribution in [1.82, 2.24) is 15.5 Å². The Kier molecular flexibility index (Phi) is 7.00.